The monoisotopic (exact) mass is 284 g/mol. The number of fused-ring (bicyclic) bond motifs is 1. The van der Waals surface area contributed by atoms with Gasteiger partial charge in [0.1, 0.15) is 5.01 Å². The second-order valence-corrected chi connectivity index (χ2v) is 5.22. The van der Waals surface area contributed by atoms with Gasteiger partial charge < -0.3 is 4.74 Å². The maximum absolute atomic E-state index is 12.3. The standard InChI is InChI=1S/C15H12N2O2S/c1-10(14-17-8-9-20-14)19-15(18)13-12-5-3-2-4-11(12)6-7-16-13/h2-10H,1H3/t10-/m1/s1. The lowest BCUT2D eigenvalue weighted by Gasteiger charge is -2.11. The summed E-state index contributed by atoms with van der Waals surface area (Å²) in [5.41, 5.74) is 0.339. The molecule has 0 spiro atoms. The van der Waals surface area contributed by atoms with Crippen LogP contribution in [0.1, 0.15) is 28.5 Å². The topological polar surface area (TPSA) is 52.1 Å². The number of thiazole rings is 1. The Morgan fingerprint density at radius 2 is 2.05 bits per heavy atom. The maximum Gasteiger partial charge on any atom is 0.358 e. The lowest BCUT2D eigenvalue weighted by molar-refractivity contribution is 0.0333. The van der Waals surface area contributed by atoms with Crippen molar-refractivity contribution in [2.45, 2.75) is 13.0 Å². The molecule has 1 atom stereocenters. The lowest BCUT2D eigenvalue weighted by Crippen LogP contribution is -2.11. The fourth-order valence-corrected chi connectivity index (χ4v) is 2.61. The summed E-state index contributed by atoms with van der Waals surface area (Å²) in [6.45, 7) is 1.81. The molecule has 0 saturated carbocycles. The average molecular weight is 284 g/mol. The van der Waals surface area contributed by atoms with Gasteiger partial charge in [-0.3, -0.25) is 0 Å². The molecule has 4 nitrogen and oxygen atoms in total. The van der Waals surface area contributed by atoms with Crippen LogP contribution >= 0.6 is 11.3 Å². The molecule has 5 heteroatoms. The van der Waals surface area contributed by atoms with E-state index in [1.807, 2.05) is 42.6 Å². The Morgan fingerprint density at radius 3 is 2.85 bits per heavy atom. The molecule has 20 heavy (non-hydrogen) atoms. The van der Waals surface area contributed by atoms with Gasteiger partial charge in [0.05, 0.1) is 0 Å². The summed E-state index contributed by atoms with van der Waals surface area (Å²) in [5.74, 6) is -0.426. The van der Waals surface area contributed by atoms with E-state index in [1.165, 1.54) is 11.3 Å². The highest BCUT2D eigenvalue weighted by Gasteiger charge is 2.18. The summed E-state index contributed by atoms with van der Waals surface area (Å²) in [7, 11) is 0. The minimum Gasteiger partial charge on any atom is -0.451 e. The molecule has 0 radical (unpaired) electrons. The van der Waals surface area contributed by atoms with Gasteiger partial charge in [0.2, 0.25) is 0 Å². The van der Waals surface area contributed by atoms with Crippen LogP contribution in [0.2, 0.25) is 0 Å². The Hall–Kier alpha value is -2.27. The third-order valence-corrected chi connectivity index (χ3v) is 3.89. The molecule has 0 N–H and O–H groups in total. The average Bonchev–Trinajstić information content (AvgIpc) is 3.01. The van der Waals surface area contributed by atoms with Gasteiger partial charge in [0.15, 0.2) is 11.8 Å². The van der Waals surface area contributed by atoms with E-state index in [4.69, 9.17) is 4.74 Å². The Labute approximate surface area is 120 Å². The van der Waals surface area contributed by atoms with Crippen LogP contribution in [0.5, 0.6) is 0 Å². The van der Waals surface area contributed by atoms with Gasteiger partial charge >= 0.3 is 5.97 Å². The van der Waals surface area contributed by atoms with Crippen molar-refractivity contribution in [1.82, 2.24) is 9.97 Å². The number of ether oxygens (including phenoxy) is 1. The van der Waals surface area contributed by atoms with Crippen molar-refractivity contribution in [2.75, 3.05) is 0 Å². The Kier molecular flexibility index (Phi) is 3.43. The fraction of sp³-hybridized carbons (Fsp3) is 0.133. The van der Waals surface area contributed by atoms with Gasteiger partial charge in [0, 0.05) is 23.2 Å². The molecule has 0 aliphatic rings. The minimum absolute atomic E-state index is 0.339. The van der Waals surface area contributed by atoms with Gasteiger partial charge in [-0.15, -0.1) is 11.3 Å². The molecule has 0 unspecified atom stereocenters. The van der Waals surface area contributed by atoms with E-state index in [0.29, 0.717) is 5.69 Å². The van der Waals surface area contributed by atoms with Crippen molar-refractivity contribution in [2.24, 2.45) is 0 Å². The fourth-order valence-electron chi connectivity index (χ4n) is 1.98. The normalized spacial score (nSPS) is 12.2. The van der Waals surface area contributed by atoms with Crippen LogP contribution in [0.25, 0.3) is 10.8 Å². The van der Waals surface area contributed by atoms with Gasteiger partial charge in [-0.25, -0.2) is 14.8 Å². The SMILES string of the molecule is C[C@@H](OC(=O)c1nccc2ccccc12)c1nccs1. The molecule has 0 fully saturated rings. The number of hydrogen-bond donors (Lipinski definition) is 0. The van der Waals surface area contributed by atoms with Crippen LogP contribution in [0.3, 0.4) is 0 Å². The zero-order valence-corrected chi connectivity index (χ0v) is 11.6. The number of aromatic nitrogens is 2. The quantitative estimate of drug-likeness (QED) is 0.689. The number of pyridine rings is 1. The first-order valence-corrected chi connectivity index (χ1v) is 7.08. The lowest BCUT2D eigenvalue weighted by atomic mass is 10.1. The van der Waals surface area contributed by atoms with Crippen LogP contribution < -0.4 is 0 Å². The summed E-state index contributed by atoms with van der Waals surface area (Å²) in [4.78, 5) is 20.6. The first-order valence-electron chi connectivity index (χ1n) is 6.20. The number of benzene rings is 1. The Balaban J connectivity index is 1.89. The third-order valence-electron chi connectivity index (χ3n) is 2.95. The minimum atomic E-state index is -0.426. The predicted molar refractivity (Wildman–Crippen MR) is 77.7 cm³/mol. The summed E-state index contributed by atoms with van der Waals surface area (Å²) in [6, 6.07) is 9.49. The number of carbonyl (C=O) groups is 1. The first kappa shape index (κ1) is 12.7. The number of carbonyl (C=O) groups excluding carboxylic acids is 1. The van der Waals surface area contributed by atoms with Crippen molar-refractivity contribution in [3.63, 3.8) is 0 Å². The largest absolute Gasteiger partial charge is 0.451 e. The molecular formula is C15H12N2O2S. The van der Waals surface area contributed by atoms with Crippen LogP contribution in [0.15, 0.2) is 48.1 Å². The summed E-state index contributed by atoms with van der Waals surface area (Å²) in [5, 5.41) is 4.40. The van der Waals surface area contributed by atoms with Gasteiger partial charge in [0.25, 0.3) is 0 Å². The second-order valence-electron chi connectivity index (χ2n) is 4.30. The summed E-state index contributed by atoms with van der Waals surface area (Å²) in [6.07, 6.45) is 2.94. The van der Waals surface area contributed by atoms with Crippen molar-refractivity contribution >= 4 is 28.1 Å². The molecule has 2 heterocycles. The molecule has 0 aliphatic heterocycles. The zero-order chi connectivity index (χ0) is 13.9. The van der Waals surface area contributed by atoms with Gasteiger partial charge in [-0.2, -0.15) is 0 Å². The molecule has 3 rings (SSSR count). The van der Waals surface area contributed by atoms with E-state index in [9.17, 15) is 4.79 Å². The molecule has 0 aliphatic carbocycles. The Bertz CT molecular complexity index is 735. The second kappa shape index (κ2) is 5.38. The molecule has 0 amide bonds. The highest BCUT2D eigenvalue weighted by molar-refractivity contribution is 7.09. The number of hydrogen-bond acceptors (Lipinski definition) is 5. The van der Waals surface area contributed by atoms with Crippen molar-refractivity contribution < 1.29 is 9.53 Å². The van der Waals surface area contributed by atoms with E-state index in [2.05, 4.69) is 9.97 Å². The van der Waals surface area contributed by atoms with Crippen LogP contribution in [-0.2, 0) is 4.74 Å². The highest BCUT2D eigenvalue weighted by atomic mass is 32.1. The molecule has 3 aromatic rings. The van der Waals surface area contributed by atoms with E-state index in [-0.39, 0.29) is 6.10 Å². The number of rotatable bonds is 3. The third kappa shape index (κ3) is 2.40. The van der Waals surface area contributed by atoms with Crippen molar-refractivity contribution in [3.05, 3.63) is 58.8 Å². The highest BCUT2D eigenvalue weighted by Crippen LogP contribution is 2.22. The molecule has 0 saturated heterocycles. The van der Waals surface area contributed by atoms with E-state index in [1.54, 1.807) is 12.4 Å². The van der Waals surface area contributed by atoms with E-state index < -0.39 is 5.97 Å². The van der Waals surface area contributed by atoms with Crippen molar-refractivity contribution in [1.29, 1.82) is 0 Å². The summed E-state index contributed by atoms with van der Waals surface area (Å²) >= 11 is 1.46. The van der Waals surface area contributed by atoms with E-state index in [0.717, 1.165) is 15.8 Å². The first-order chi connectivity index (χ1) is 9.75. The van der Waals surface area contributed by atoms with Gasteiger partial charge in [-0.1, -0.05) is 24.3 Å². The molecule has 2 aromatic heterocycles. The zero-order valence-electron chi connectivity index (χ0n) is 10.8. The van der Waals surface area contributed by atoms with E-state index >= 15 is 0 Å². The summed E-state index contributed by atoms with van der Waals surface area (Å²) < 4.78 is 5.44. The molecule has 100 valence electrons. The number of esters is 1. The maximum atomic E-state index is 12.3. The molecule has 1 aromatic carbocycles. The van der Waals surface area contributed by atoms with Gasteiger partial charge in [-0.05, 0) is 18.4 Å². The molecular weight excluding hydrogens is 272 g/mol. The molecule has 0 bridgehead atoms. The Morgan fingerprint density at radius 1 is 1.20 bits per heavy atom. The van der Waals surface area contributed by atoms with Crippen LogP contribution in [0.4, 0.5) is 0 Å². The van der Waals surface area contributed by atoms with Crippen molar-refractivity contribution in [3.8, 4) is 0 Å². The van der Waals surface area contributed by atoms with Crippen LogP contribution in [-0.4, -0.2) is 15.9 Å². The predicted octanol–water partition coefficient (Wildman–Crippen LogP) is 3.61. The smallest absolute Gasteiger partial charge is 0.358 e. The van der Waals surface area contributed by atoms with Crippen LogP contribution in [0, 0.1) is 0 Å². The number of nitrogens with zero attached hydrogens (tertiary/aromatic N) is 2.